The summed E-state index contributed by atoms with van der Waals surface area (Å²) >= 11 is 0. The van der Waals surface area contributed by atoms with Crippen LogP contribution in [0.25, 0.3) is 0 Å². The number of carbonyl (C=O) groups is 2. The van der Waals surface area contributed by atoms with Crippen LogP contribution in [0.5, 0.6) is 11.5 Å². The fourth-order valence-electron chi connectivity index (χ4n) is 4.07. The Kier molecular flexibility index (Phi) is 9.44. The van der Waals surface area contributed by atoms with E-state index in [2.05, 4.69) is 52.2 Å². The lowest BCUT2D eigenvalue weighted by Crippen LogP contribution is -2.41. The van der Waals surface area contributed by atoms with Gasteiger partial charge in [-0.15, -0.1) is 0 Å². The van der Waals surface area contributed by atoms with E-state index in [-0.39, 0.29) is 22.6 Å². The largest absolute Gasteiger partial charge is 0.493 e. The lowest BCUT2D eigenvalue weighted by molar-refractivity contribution is 0.0883. The first kappa shape index (κ1) is 29.8. The fourth-order valence-corrected chi connectivity index (χ4v) is 4.07. The van der Waals surface area contributed by atoms with Crippen molar-refractivity contribution in [2.24, 2.45) is 0 Å². The van der Waals surface area contributed by atoms with E-state index in [4.69, 9.17) is 9.47 Å². The molecule has 39 heavy (non-hydrogen) atoms. The van der Waals surface area contributed by atoms with Gasteiger partial charge in [-0.2, -0.15) is 0 Å². The molecule has 208 valence electrons. The summed E-state index contributed by atoms with van der Waals surface area (Å²) in [7, 11) is 1.58. The fraction of sp³-hybridized carbons (Fsp3) is 0.394. The second-order valence-electron chi connectivity index (χ2n) is 11.8. The van der Waals surface area contributed by atoms with Crippen molar-refractivity contribution in [3.63, 3.8) is 0 Å². The standard InChI is InChI=1S/C33H42N2O4/c1-9-20-39-28-21-24(14-19-27(28)38-8)29(34-30(36)22-10-15-25(16-11-22)32(2,3)4)35-31(37)23-12-17-26(18-13-23)33(5,6)7/h10-19,21,29H,9,20H2,1-8H3,(H,34,36)(H,35,37). The maximum Gasteiger partial charge on any atom is 0.253 e. The van der Waals surface area contributed by atoms with Gasteiger partial charge in [0.25, 0.3) is 11.8 Å². The monoisotopic (exact) mass is 530 g/mol. The Morgan fingerprint density at radius 3 is 1.56 bits per heavy atom. The van der Waals surface area contributed by atoms with Crippen LogP contribution in [0, 0.1) is 0 Å². The number of hydrogen-bond acceptors (Lipinski definition) is 4. The van der Waals surface area contributed by atoms with Gasteiger partial charge in [-0.25, -0.2) is 0 Å². The summed E-state index contributed by atoms with van der Waals surface area (Å²) in [5.74, 6) is 0.542. The number of rotatable bonds is 9. The third-order valence-electron chi connectivity index (χ3n) is 6.56. The summed E-state index contributed by atoms with van der Waals surface area (Å²) in [6.07, 6.45) is 0.0313. The van der Waals surface area contributed by atoms with Crippen molar-refractivity contribution in [1.82, 2.24) is 10.6 Å². The highest BCUT2D eigenvalue weighted by Gasteiger charge is 2.22. The van der Waals surface area contributed by atoms with Gasteiger partial charge in [-0.05, 0) is 70.3 Å². The molecule has 0 unspecified atom stereocenters. The van der Waals surface area contributed by atoms with Crippen LogP contribution >= 0.6 is 0 Å². The first-order chi connectivity index (χ1) is 18.3. The Labute approximate surface area is 233 Å². The summed E-state index contributed by atoms with van der Waals surface area (Å²) in [5.41, 5.74) is 3.91. The molecule has 0 saturated carbocycles. The molecule has 0 atom stereocenters. The van der Waals surface area contributed by atoms with E-state index < -0.39 is 6.17 Å². The van der Waals surface area contributed by atoms with Crippen molar-refractivity contribution >= 4 is 11.8 Å². The minimum Gasteiger partial charge on any atom is -0.493 e. The molecule has 0 heterocycles. The van der Waals surface area contributed by atoms with E-state index >= 15 is 0 Å². The normalized spacial score (nSPS) is 11.7. The topological polar surface area (TPSA) is 76.7 Å². The number of carbonyl (C=O) groups excluding carboxylic acids is 2. The molecule has 0 spiro atoms. The van der Waals surface area contributed by atoms with E-state index in [1.807, 2.05) is 61.5 Å². The lowest BCUT2D eigenvalue weighted by Gasteiger charge is -2.23. The van der Waals surface area contributed by atoms with E-state index in [1.165, 1.54) is 0 Å². The second-order valence-corrected chi connectivity index (χ2v) is 11.8. The average Bonchev–Trinajstić information content (AvgIpc) is 2.90. The van der Waals surface area contributed by atoms with Crippen LogP contribution in [0.2, 0.25) is 0 Å². The second kappa shape index (κ2) is 12.4. The number of methoxy groups -OCH3 is 1. The minimum atomic E-state index is -0.801. The van der Waals surface area contributed by atoms with Crippen LogP contribution < -0.4 is 20.1 Å². The summed E-state index contributed by atoms with van der Waals surface area (Å²) < 4.78 is 11.3. The zero-order chi connectivity index (χ0) is 28.8. The van der Waals surface area contributed by atoms with Gasteiger partial charge in [0.15, 0.2) is 11.5 Å². The van der Waals surface area contributed by atoms with Crippen LogP contribution in [0.1, 0.15) is 98.5 Å². The van der Waals surface area contributed by atoms with E-state index in [9.17, 15) is 9.59 Å². The predicted molar refractivity (Wildman–Crippen MR) is 157 cm³/mol. The van der Waals surface area contributed by atoms with Gasteiger partial charge < -0.3 is 20.1 Å². The van der Waals surface area contributed by atoms with Gasteiger partial charge in [0.05, 0.1) is 13.7 Å². The van der Waals surface area contributed by atoms with Crippen molar-refractivity contribution in [3.8, 4) is 11.5 Å². The molecule has 3 rings (SSSR count). The van der Waals surface area contributed by atoms with Crippen molar-refractivity contribution in [3.05, 3.63) is 94.5 Å². The SMILES string of the molecule is CCCOc1cc(C(NC(=O)c2ccc(C(C)(C)C)cc2)NC(=O)c2ccc(C(C)(C)C)cc2)ccc1OC. The first-order valence-electron chi connectivity index (χ1n) is 13.5. The van der Waals surface area contributed by atoms with Crippen LogP contribution in [0.4, 0.5) is 0 Å². The molecule has 3 aromatic carbocycles. The molecule has 0 aromatic heterocycles. The minimum absolute atomic E-state index is 0.0218. The van der Waals surface area contributed by atoms with Crippen LogP contribution in [0.3, 0.4) is 0 Å². The van der Waals surface area contributed by atoms with Gasteiger partial charge in [-0.1, -0.05) is 78.8 Å². The van der Waals surface area contributed by atoms with Crippen LogP contribution in [0.15, 0.2) is 66.7 Å². The Balaban J connectivity index is 1.92. The quantitative estimate of drug-likeness (QED) is 0.294. The smallest absolute Gasteiger partial charge is 0.253 e. The summed E-state index contributed by atoms with van der Waals surface area (Å²) in [6, 6.07) is 20.5. The Hall–Kier alpha value is -3.80. The van der Waals surface area contributed by atoms with Crippen molar-refractivity contribution in [2.75, 3.05) is 13.7 Å². The van der Waals surface area contributed by atoms with Crippen LogP contribution in [-0.2, 0) is 10.8 Å². The Morgan fingerprint density at radius 2 is 1.18 bits per heavy atom. The molecule has 0 aliphatic heterocycles. The van der Waals surface area contributed by atoms with Crippen molar-refractivity contribution in [2.45, 2.75) is 71.9 Å². The number of ether oxygens (including phenoxy) is 2. The maximum atomic E-state index is 13.3. The maximum absolute atomic E-state index is 13.3. The number of amides is 2. The molecule has 0 aliphatic rings. The Morgan fingerprint density at radius 1 is 0.718 bits per heavy atom. The highest BCUT2D eigenvalue weighted by molar-refractivity contribution is 5.97. The number of hydrogen-bond donors (Lipinski definition) is 2. The van der Waals surface area contributed by atoms with Crippen molar-refractivity contribution in [1.29, 1.82) is 0 Å². The molecule has 0 aliphatic carbocycles. The van der Waals surface area contributed by atoms with Gasteiger partial charge in [0, 0.05) is 11.1 Å². The van der Waals surface area contributed by atoms with Crippen molar-refractivity contribution < 1.29 is 19.1 Å². The molecule has 2 amide bonds. The zero-order valence-electron chi connectivity index (χ0n) is 24.5. The van der Waals surface area contributed by atoms with Gasteiger partial charge in [-0.3, -0.25) is 9.59 Å². The molecule has 6 nitrogen and oxygen atoms in total. The summed E-state index contributed by atoms with van der Waals surface area (Å²) in [4.78, 5) is 26.6. The summed E-state index contributed by atoms with van der Waals surface area (Å²) in [6.45, 7) is 15.3. The van der Waals surface area contributed by atoms with Gasteiger partial charge >= 0.3 is 0 Å². The molecule has 0 radical (unpaired) electrons. The van der Waals surface area contributed by atoms with Crippen LogP contribution in [-0.4, -0.2) is 25.5 Å². The molecule has 0 saturated heterocycles. The third-order valence-corrected chi connectivity index (χ3v) is 6.56. The number of nitrogens with one attached hydrogen (secondary N) is 2. The lowest BCUT2D eigenvalue weighted by atomic mass is 9.86. The van der Waals surface area contributed by atoms with Gasteiger partial charge in [0.1, 0.15) is 6.17 Å². The summed E-state index contributed by atoms with van der Waals surface area (Å²) in [5, 5.41) is 6.00. The highest BCUT2D eigenvalue weighted by atomic mass is 16.5. The molecule has 2 N–H and O–H groups in total. The average molecular weight is 531 g/mol. The van der Waals surface area contributed by atoms with Gasteiger partial charge in [0.2, 0.25) is 0 Å². The van der Waals surface area contributed by atoms with E-state index in [1.54, 1.807) is 19.2 Å². The first-order valence-corrected chi connectivity index (χ1v) is 13.5. The zero-order valence-corrected chi connectivity index (χ0v) is 24.5. The molecule has 6 heteroatoms. The molecule has 3 aromatic rings. The van der Waals surface area contributed by atoms with E-state index in [0.29, 0.717) is 34.8 Å². The Bertz CT molecular complexity index is 1200. The molecular weight excluding hydrogens is 488 g/mol. The van der Waals surface area contributed by atoms with E-state index in [0.717, 1.165) is 17.5 Å². The predicted octanol–water partition coefficient (Wildman–Crippen LogP) is 6.94. The molecular formula is C33H42N2O4. The molecule has 0 fully saturated rings. The number of benzene rings is 3. The highest BCUT2D eigenvalue weighted by Crippen LogP contribution is 2.31. The molecule has 0 bridgehead atoms. The third kappa shape index (κ3) is 7.85.